The molecule has 0 amide bonds. The molecule has 4 heteroatoms. The molecule has 1 aromatic rings. The molecule has 0 aromatic carbocycles. The lowest BCUT2D eigenvalue weighted by Crippen LogP contribution is -2.45. The molecule has 0 unspecified atom stereocenters. The summed E-state index contributed by atoms with van der Waals surface area (Å²) in [6.45, 7) is 2.92. The first-order valence-electron chi connectivity index (χ1n) is 7.07. The lowest BCUT2D eigenvalue weighted by molar-refractivity contribution is 0.198. The molecule has 0 radical (unpaired) electrons. The van der Waals surface area contributed by atoms with Crippen LogP contribution in [0.4, 0.5) is 0 Å². The van der Waals surface area contributed by atoms with Crippen molar-refractivity contribution in [3.05, 3.63) is 18.2 Å². The highest BCUT2D eigenvalue weighted by atomic mass is 16.5. The summed E-state index contributed by atoms with van der Waals surface area (Å²) in [6.07, 6.45) is 10.2. The predicted molar refractivity (Wildman–Crippen MR) is 69.7 cm³/mol. The highest BCUT2D eigenvalue weighted by molar-refractivity contribution is 5.14. The van der Waals surface area contributed by atoms with Gasteiger partial charge in [0.2, 0.25) is 0 Å². The Balaban J connectivity index is 1.54. The Morgan fingerprint density at radius 1 is 1.11 bits per heavy atom. The normalized spacial score (nSPS) is 21.6. The van der Waals surface area contributed by atoms with Crippen LogP contribution in [0.25, 0.3) is 0 Å². The van der Waals surface area contributed by atoms with E-state index >= 15 is 0 Å². The van der Waals surface area contributed by atoms with Gasteiger partial charge in [0.05, 0.1) is 19.0 Å². The van der Waals surface area contributed by atoms with Crippen molar-refractivity contribution >= 4 is 0 Å². The average Bonchev–Trinajstić information content (AvgIpc) is 2.39. The second-order valence-electron chi connectivity index (χ2n) is 5.45. The molecular weight excluding hydrogens is 226 g/mol. The maximum atomic E-state index is 5.69. The van der Waals surface area contributed by atoms with E-state index in [-0.39, 0.29) is 0 Å². The molecule has 18 heavy (non-hydrogen) atoms. The number of hydrogen-bond donors (Lipinski definition) is 1. The molecule has 1 aliphatic carbocycles. The highest BCUT2D eigenvalue weighted by Gasteiger charge is 2.19. The molecule has 0 spiro atoms. The molecule has 1 saturated carbocycles. The highest BCUT2D eigenvalue weighted by Crippen LogP contribution is 2.30. The van der Waals surface area contributed by atoms with Crippen molar-refractivity contribution in [1.82, 2.24) is 15.3 Å². The van der Waals surface area contributed by atoms with Crippen LogP contribution < -0.4 is 10.1 Å². The summed E-state index contributed by atoms with van der Waals surface area (Å²) < 4.78 is 5.69. The number of aromatic nitrogens is 2. The van der Waals surface area contributed by atoms with Gasteiger partial charge < -0.3 is 10.1 Å². The minimum absolute atomic E-state index is 0.573. The quantitative estimate of drug-likeness (QED) is 0.885. The van der Waals surface area contributed by atoms with Crippen LogP contribution in [0, 0.1) is 5.92 Å². The Labute approximate surface area is 108 Å². The molecule has 1 aromatic heterocycles. The summed E-state index contributed by atoms with van der Waals surface area (Å²) in [5.41, 5.74) is 0. The van der Waals surface area contributed by atoms with Gasteiger partial charge in [-0.3, -0.25) is 0 Å². The lowest BCUT2D eigenvalue weighted by Gasteiger charge is -2.26. The number of ether oxygens (including phenoxy) is 1. The Bertz CT molecular complexity index is 369. The topological polar surface area (TPSA) is 47.0 Å². The molecule has 1 aliphatic heterocycles. The molecule has 2 fully saturated rings. The van der Waals surface area contributed by atoms with Crippen molar-refractivity contribution in [2.45, 2.75) is 38.0 Å². The van der Waals surface area contributed by atoms with E-state index in [1.165, 1.54) is 32.1 Å². The van der Waals surface area contributed by atoms with Gasteiger partial charge >= 0.3 is 0 Å². The van der Waals surface area contributed by atoms with Crippen molar-refractivity contribution in [2.75, 3.05) is 19.7 Å². The first-order valence-corrected chi connectivity index (χ1v) is 7.07. The Morgan fingerprint density at radius 2 is 1.83 bits per heavy atom. The zero-order chi connectivity index (χ0) is 12.2. The smallest absolute Gasteiger partial charge is 0.155 e. The third-order valence-corrected chi connectivity index (χ3v) is 3.97. The van der Waals surface area contributed by atoms with Crippen LogP contribution in [0.3, 0.4) is 0 Å². The summed E-state index contributed by atoms with van der Waals surface area (Å²) in [5.74, 6) is 3.04. The van der Waals surface area contributed by atoms with Crippen LogP contribution in [-0.4, -0.2) is 29.7 Å². The third kappa shape index (κ3) is 2.80. The first kappa shape index (κ1) is 11.9. The second-order valence-corrected chi connectivity index (χ2v) is 5.45. The monoisotopic (exact) mass is 247 g/mol. The van der Waals surface area contributed by atoms with Crippen LogP contribution in [0.15, 0.2) is 12.4 Å². The Hall–Kier alpha value is -1.16. The van der Waals surface area contributed by atoms with E-state index in [4.69, 9.17) is 4.74 Å². The third-order valence-electron chi connectivity index (χ3n) is 3.97. The standard InChI is InChI=1S/C14H21N3O/c1-2-4-12(5-3-1)14-16-8-13(9-17-14)18-10-11-6-15-7-11/h8-9,11-12,15H,1-7,10H2. The molecule has 0 atom stereocenters. The number of hydrogen-bond acceptors (Lipinski definition) is 4. The van der Waals surface area contributed by atoms with Crippen LogP contribution in [0.2, 0.25) is 0 Å². The van der Waals surface area contributed by atoms with E-state index in [0.29, 0.717) is 11.8 Å². The predicted octanol–water partition coefficient (Wildman–Crippen LogP) is 2.12. The van der Waals surface area contributed by atoms with Crippen molar-refractivity contribution in [1.29, 1.82) is 0 Å². The Kier molecular flexibility index (Phi) is 3.74. The second kappa shape index (κ2) is 5.65. The summed E-state index contributed by atoms with van der Waals surface area (Å²) in [7, 11) is 0. The molecule has 1 saturated heterocycles. The van der Waals surface area contributed by atoms with Gasteiger partial charge in [0, 0.05) is 24.9 Å². The lowest BCUT2D eigenvalue weighted by atomic mass is 9.89. The molecule has 0 bridgehead atoms. The van der Waals surface area contributed by atoms with E-state index in [2.05, 4.69) is 15.3 Å². The minimum atomic E-state index is 0.573. The van der Waals surface area contributed by atoms with Gasteiger partial charge in [-0.15, -0.1) is 0 Å². The van der Waals surface area contributed by atoms with Gasteiger partial charge in [-0.1, -0.05) is 19.3 Å². The molecule has 1 N–H and O–H groups in total. The SMILES string of the molecule is c1nc(C2CCCCC2)ncc1OCC1CNC1. The number of nitrogens with zero attached hydrogens (tertiary/aromatic N) is 2. The van der Waals surface area contributed by atoms with Crippen molar-refractivity contribution < 1.29 is 4.74 Å². The fourth-order valence-corrected chi connectivity index (χ4v) is 2.65. The van der Waals surface area contributed by atoms with Crippen LogP contribution in [-0.2, 0) is 0 Å². The van der Waals surface area contributed by atoms with E-state index in [1.54, 1.807) is 0 Å². The molecule has 2 aliphatic rings. The van der Waals surface area contributed by atoms with Crippen LogP contribution in [0.1, 0.15) is 43.8 Å². The summed E-state index contributed by atoms with van der Waals surface area (Å²) >= 11 is 0. The summed E-state index contributed by atoms with van der Waals surface area (Å²) in [4.78, 5) is 8.94. The molecule has 4 nitrogen and oxygen atoms in total. The Morgan fingerprint density at radius 3 is 2.44 bits per heavy atom. The van der Waals surface area contributed by atoms with Crippen molar-refractivity contribution in [3.8, 4) is 5.75 Å². The minimum Gasteiger partial charge on any atom is -0.490 e. The summed E-state index contributed by atoms with van der Waals surface area (Å²) in [6, 6.07) is 0. The zero-order valence-electron chi connectivity index (χ0n) is 10.8. The van der Waals surface area contributed by atoms with E-state index in [1.807, 2.05) is 12.4 Å². The molecule has 98 valence electrons. The van der Waals surface area contributed by atoms with E-state index < -0.39 is 0 Å². The fourth-order valence-electron chi connectivity index (χ4n) is 2.65. The largest absolute Gasteiger partial charge is 0.490 e. The van der Waals surface area contributed by atoms with Gasteiger partial charge in [0.15, 0.2) is 5.75 Å². The average molecular weight is 247 g/mol. The zero-order valence-corrected chi connectivity index (χ0v) is 10.8. The summed E-state index contributed by atoms with van der Waals surface area (Å²) in [5, 5.41) is 3.24. The van der Waals surface area contributed by atoms with Crippen LogP contribution in [0.5, 0.6) is 5.75 Å². The van der Waals surface area contributed by atoms with Crippen molar-refractivity contribution in [2.24, 2.45) is 5.92 Å². The van der Waals surface area contributed by atoms with Gasteiger partial charge in [0.1, 0.15) is 5.82 Å². The number of nitrogens with one attached hydrogen (secondary N) is 1. The van der Waals surface area contributed by atoms with Crippen LogP contribution >= 0.6 is 0 Å². The fraction of sp³-hybridized carbons (Fsp3) is 0.714. The molecular formula is C14H21N3O. The maximum absolute atomic E-state index is 5.69. The molecule has 3 rings (SSSR count). The first-order chi connectivity index (χ1) is 8.92. The molecule has 2 heterocycles. The van der Waals surface area contributed by atoms with Gasteiger partial charge in [-0.05, 0) is 12.8 Å². The van der Waals surface area contributed by atoms with Gasteiger partial charge in [-0.2, -0.15) is 0 Å². The van der Waals surface area contributed by atoms with E-state index in [0.717, 1.165) is 31.3 Å². The van der Waals surface area contributed by atoms with Gasteiger partial charge in [0.25, 0.3) is 0 Å². The number of rotatable bonds is 4. The van der Waals surface area contributed by atoms with Crippen molar-refractivity contribution in [3.63, 3.8) is 0 Å². The maximum Gasteiger partial charge on any atom is 0.155 e. The van der Waals surface area contributed by atoms with Gasteiger partial charge in [-0.25, -0.2) is 9.97 Å². The van der Waals surface area contributed by atoms with E-state index in [9.17, 15) is 0 Å².